The first-order chi connectivity index (χ1) is 11.9. The second kappa shape index (κ2) is 6.53. The fourth-order valence-corrected chi connectivity index (χ4v) is 2.87. The van der Waals surface area contributed by atoms with E-state index in [-0.39, 0.29) is 23.7 Å². The van der Waals surface area contributed by atoms with Crippen LogP contribution in [0.5, 0.6) is 0 Å². The number of carboxylic acid groups (broad SMARTS) is 1. The first kappa shape index (κ1) is 16.9. The smallest absolute Gasteiger partial charge is 0.307 e. The van der Waals surface area contributed by atoms with Gasteiger partial charge in [-0.1, -0.05) is 11.6 Å². The number of carbonyl (C=O) groups is 3. The van der Waals surface area contributed by atoms with Gasteiger partial charge in [0.05, 0.1) is 12.1 Å². The van der Waals surface area contributed by atoms with Crippen molar-refractivity contribution in [3.8, 4) is 0 Å². The van der Waals surface area contributed by atoms with Gasteiger partial charge in [0.15, 0.2) is 5.78 Å². The van der Waals surface area contributed by atoms with Crippen LogP contribution in [0.3, 0.4) is 0 Å². The summed E-state index contributed by atoms with van der Waals surface area (Å²) in [5.74, 6) is -1.51. The molecule has 0 amide bonds. The number of halogens is 1. The summed E-state index contributed by atoms with van der Waals surface area (Å²) in [7, 11) is 0. The van der Waals surface area contributed by atoms with Crippen LogP contribution >= 0.6 is 11.6 Å². The molecule has 0 aliphatic heterocycles. The van der Waals surface area contributed by atoms with Crippen molar-refractivity contribution in [2.45, 2.75) is 13.3 Å². The van der Waals surface area contributed by atoms with Gasteiger partial charge in [-0.3, -0.25) is 14.4 Å². The molecule has 3 aromatic rings. The van der Waals surface area contributed by atoms with Gasteiger partial charge in [-0.2, -0.15) is 0 Å². The fourth-order valence-electron chi connectivity index (χ4n) is 2.74. The van der Waals surface area contributed by atoms with Crippen LogP contribution in [0.1, 0.15) is 38.9 Å². The van der Waals surface area contributed by atoms with E-state index in [4.69, 9.17) is 11.6 Å². The molecule has 25 heavy (non-hydrogen) atoms. The molecular formula is C19H14ClNO4. The Bertz CT molecular complexity index is 1000. The predicted octanol–water partition coefficient (Wildman–Crippen LogP) is 3.88. The van der Waals surface area contributed by atoms with Gasteiger partial charge in [0.2, 0.25) is 5.78 Å². The van der Waals surface area contributed by atoms with Gasteiger partial charge in [-0.25, -0.2) is 0 Å². The van der Waals surface area contributed by atoms with Crippen molar-refractivity contribution in [1.29, 1.82) is 0 Å². The number of rotatable bonds is 5. The minimum Gasteiger partial charge on any atom is -0.481 e. The van der Waals surface area contributed by atoms with Crippen LogP contribution in [0.25, 0.3) is 10.9 Å². The standard InChI is InChI=1S/C19H14ClNO4/c1-10(22)12-4-7-16-14(8-12)15(9-17(23)24)18(21-16)19(25)11-2-5-13(20)6-3-11/h2-8,21H,9H2,1H3,(H,23,24). The van der Waals surface area contributed by atoms with Crippen molar-refractivity contribution < 1.29 is 19.5 Å². The Morgan fingerprint density at radius 2 is 1.68 bits per heavy atom. The lowest BCUT2D eigenvalue weighted by atomic mass is 10.00. The van der Waals surface area contributed by atoms with E-state index in [1.807, 2.05) is 0 Å². The molecule has 3 rings (SSSR count). The summed E-state index contributed by atoms with van der Waals surface area (Å²) < 4.78 is 0. The first-order valence-electron chi connectivity index (χ1n) is 7.54. The topological polar surface area (TPSA) is 87.2 Å². The van der Waals surface area contributed by atoms with E-state index in [9.17, 15) is 19.5 Å². The van der Waals surface area contributed by atoms with Crippen molar-refractivity contribution in [1.82, 2.24) is 4.98 Å². The van der Waals surface area contributed by atoms with Gasteiger partial charge in [-0.15, -0.1) is 0 Å². The lowest BCUT2D eigenvalue weighted by Gasteiger charge is -2.03. The number of benzene rings is 2. The van der Waals surface area contributed by atoms with Crippen LogP contribution in [0, 0.1) is 0 Å². The van der Waals surface area contributed by atoms with Crippen LogP contribution in [0.4, 0.5) is 0 Å². The summed E-state index contributed by atoms with van der Waals surface area (Å²) in [6.45, 7) is 1.43. The summed E-state index contributed by atoms with van der Waals surface area (Å²) >= 11 is 5.85. The van der Waals surface area contributed by atoms with E-state index in [1.54, 1.807) is 42.5 Å². The molecule has 0 bridgehead atoms. The molecule has 0 radical (unpaired) electrons. The zero-order chi connectivity index (χ0) is 18.1. The number of hydrogen-bond acceptors (Lipinski definition) is 3. The lowest BCUT2D eigenvalue weighted by molar-refractivity contribution is -0.136. The van der Waals surface area contributed by atoms with Crippen molar-refractivity contribution in [3.05, 3.63) is 69.9 Å². The molecule has 2 aromatic carbocycles. The SMILES string of the molecule is CC(=O)c1ccc2[nH]c(C(=O)c3ccc(Cl)cc3)c(CC(=O)O)c2c1. The molecule has 0 aliphatic carbocycles. The number of hydrogen-bond donors (Lipinski definition) is 2. The number of carbonyl (C=O) groups excluding carboxylic acids is 2. The van der Waals surface area contributed by atoms with Crippen LogP contribution < -0.4 is 0 Å². The second-order valence-corrected chi connectivity index (χ2v) is 6.14. The monoisotopic (exact) mass is 355 g/mol. The van der Waals surface area contributed by atoms with Crippen LogP contribution in [0.2, 0.25) is 5.02 Å². The largest absolute Gasteiger partial charge is 0.481 e. The summed E-state index contributed by atoms with van der Waals surface area (Å²) in [6.07, 6.45) is -0.323. The minimum absolute atomic E-state index is 0.130. The molecule has 0 fully saturated rings. The van der Waals surface area contributed by atoms with Crippen LogP contribution in [-0.2, 0) is 11.2 Å². The summed E-state index contributed by atoms with van der Waals surface area (Å²) in [6, 6.07) is 11.3. The van der Waals surface area contributed by atoms with Gasteiger partial charge in [0, 0.05) is 32.6 Å². The van der Waals surface area contributed by atoms with Crippen LogP contribution in [-0.4, -0.2) is 27.6 Å². The zero-order valence-corrected chi connectivity index (χ0v) is 14.1. The Balaban J connectivity index is 2.19. The third-order valence-corrected chi connectivity index (χ3v) is 4.23. The number of aromatic nitrogens is 1. The normalized spacial score (nSPS) is 10.8. The molecule has 0 aliphatic rings. The molecular weight excluding hydrogens is 342 g/mol. The van der Waals surface area contributed by atoms with E-state index < -0.39 is 5.97 Å². The number of aliphatic carboxylic acids is 1. The van der Waals surface area contributed by atoms with E-state index in [1.165, 1.54) is 6.92 Å². The van der Waals surface area contributed by atoms with Gasteiger partial charge < -0.3 is 10.1 Å². The molecule has 126 valence electrons. The van der Waals surface area contributed by atoms with E-state index >= 15 is 0 Å². The van der Waals surface area contributed by atoms with Crippen molar-refractivity contribution in [2.75, 3.05) is 0 Å². The molecule has 1 aromatic heterocycles. The maximum absolute atomic E-state index is 12.8. The molecule has 6 heteroatoms. The number of ketones is 2. The average Bonchev–Trinajstić information content (AvgIpc) is 2.92. The van der Waals surface area contributed by atoms with Crippen molar-refractivity contribution in [3.63, 3.8) is 0 Å². The first-order valence-corrected chi connectivity index (χ1v) is 7.92. The van der Waals surface area contributed by atoms with Crippen molar-refractivity contribution >= 4 is 40.0 Å². The Morgan fingerprint density at radius 3 is 2.28 bits per heavy atom. The Kier molecular flexibility index (Phi) is 4.42. The Labute approximate surface area is 148 Å². The highest BCUT2D eigenvalue weighted by Gasteiger charge is 2.21. The fraction of sp³-hybridized carbons (Fsp3) is 0.105. The highest BCUT2D eigenvalue weighted by Crippen LogP contribution is 2.27. The van der Waals surface area contributed by atoms with Crippen LogP contribution in [0.15, 0.2) is 42.5 Å². The Hall–Kier alpha value is -2.92. The number of Topliss-reactive ketones (excluding diaryl/α,β-unsaturated/α-hetero) is 1. The molecule has 1 heterocycles. The molecule has 5 nitrogen and oxygen atoms in total. The lowest BCUT2D eigenvalue weighted by Crippen LogP contribution is -2.08. The quantitative estimate of drug-likeness (QED) is 0.680. The summed E-state index contributed by atoms with van der Waals surface area (Å²) in [5.41, 5.74) is 2.04. The van der Waals surface area contributed by atoms with Gasteiger partial charge in [0.25, 0.3) is 0 Å². The van der Waals surface area contributed by atoms with Gasteiger partial charge >= 0.3 is 5.97 Å². The molecule has 2 N–H and O–H groups in total. The minimum atomic E-state index is -1.06. The molecule has 0 spiro atoms. The highest BCUT2D eigenvalue weighted by molar-refractivity contribution is 6.30. The maximum atomic E-state index is 12.8. The number of fused-ring (bicyclic) bond motifs is 1. The molecule has 0 saturated carbocycles. The third-order valence-electron chi connectivity index (χ3n) is 3.97. The predicted molar refractivity (Wildman–Crippen MR) is 94.5 cm³/mol. The molecule has 0 atom stereocenters. The number of carboxylic acids is 1. The maximum Gasteiger partial charge on any atom is 0.307 e. The zero-order valence-electron chi connectivity index (χ0n) is 13.3. The summed E-state index contributed by atoms with van der Waals surface area (Å²) in [4.78, 5) is 38.7. The molecule has 0 saturated heterocycles. The number of nitrogens with one attached hydrogen (secondary N) is 1. The third kappa shape index (κ3) is 3.32. The molecule has 0 unspecified atom stereocenters. The Morgan fingerprint density at radius 1 is 1.04 bits per heavy atom. The van der Waals surface area contributed by atoms with Crippen molar-refractivity contribution in [2.24, 2.45) is 0 Å². The number of H-pyrrole nitrogens is 1. The highest BCUT2D eigenvalue weighted by atomic mass is 35.5. The number of aromatic amines is 1. The second-order valence-electron chi connectivity index (χ2n) is 5.70. The van der Waals surface area contributed by atoms with E-state index in [0.717, 1.165) is 0 Å². The average molecular weight is 356 g/mol. The summed E-state index contributed by atoms with van der Waals surface area (Å²) in [5, 5.41) is 10.3. The van der Waals surface area contributed by atoms with E-state index in [2.05, 4.69) is 4.98 Å². The van der Waals surface area contributed by atoms with Gasteiger partial charge in [-0.05, 0) is 49.4 Å². The van der Waals surface area contributed by atoms with E-state index in [0.29, 0.717) is 32.6 Å². The van der Waals surface area contributed by atoms with Gasteiger partial charge in [0.1, 0.15) is 0 Å².